The van der Waals surface area contributed by atoms with Gasteiger partial charge in [-0.15, -0.1) is 0 Å². The van der Waals surface area contributed by atoms with E-state index in [1.165, 1.54) is 7.11 Å². The molecule has 0 N–H and O–H groups in total. The largest absolute Gasteiger partial charge is 0.451 e. The van der Waals surface area contributed by atoms with Crippen molar-refractivity contribution in [1.82, 2.24) is 0 Å². The molecule has 3 nitrogen and oxygen atoms in total. The van der Waals surface area contributed by atoms with Crippen molar-refractivity contribution in [2.24, 2.45) is 0 Å². The zero-order valence-corrected chi connectivity index (χ0v) is 9.55. The summed E-state index contributed by atoms with van der Waals surface area (Å²) < 4.78 is 9.99. The minimum Gasteiger partial charge on any atom is -0.451 e. The molecule has 0 fully saturated rings. The number of ether oxygens (including phenoxy) is 2. The first-order valence-electron chi connectivity index (χ1n) is 5.14. The molecule has 1 aromatic rings. The van der Waals surface area contributed by atoms with Gasteiger partial charge in [-0.3, -0.25) is 0 Å². The molecule has 0 amide bonds. The van der Waals surface area contributed by atoms with Crippen LogP contribution in [-0.2, 0) is 14.3 Å². The Hall–Kier alpha value is -1.61. The molecule has 0 saturated carbocycles. The van der Waals surface area contributed by atoms with Crippen LogP contribution in [0.5, 0.6) is 0 Å². The minimum atomic E-state index is -0.366. The number of benzene rings is 1. The van der Waals surface area contributed by atoms with Crippen LogP contribution < -0.4 is 0 Å². The molecule has 3 heteroatoms. The maximum Gasteiger partial charge on any atom is 0.332 e. The van der Waals surface area contributed by atoms with E-state index in [4.69, 9.17) is 9.47 Å². The molecule has 0 aliphatic heterocycles. The SMILES string of the molecule is C/C=C\C(OC(=O)COC)c1ccccc1. The molecule has 1 atom stereocenters. The Kier molecular flexibility index (Phi) is 5.29. The van der Waals surface area contributed by atoms with E-state index in [0.29, 0.717) is 0 Å². The number of carbonyl (C=O) groups excluding carboxylic acids is 1. The number of hydrogen-bond donors (Lipinski definition) is 0. The average molecular weight is 220 g/mol. The zero-order chi connectivity index (χ0) is 11.8. The summed E-state index contributed by atoms with van der Waals surface area (Å²) in [4.78, 5) is 11.3. The highest BCUT2D eigenvalue weighted by Gasteiger charge is 2.12. The Morgan fingerprint density at radius 3 is 2.62 bits per heavy atom. The van der Waals surface area contributed by atoms with Crippen molar-refractivity contribution in [1.29, 1.82) is 0 Å². The molecular formula is C13H16O3. The fourth-order valence-electron chi connectivity index (χ4n) is 1.33. The second-order valence-electron chi connectivity index (χ2n) is 3.28. The Labute approximate surface area is 95.7 Å². The van der Waals surface area contributed by atoms with Crippen molar-refractivity contribution in [3.63, 3.8) is 0 Å². The van der Waals surface area contributed by atoms with E-state index in [-0.39, 0.29) is 18.7 Å². The lowest BCUT2D eigenvalue weighted by Crippen LogP contribution is -2.14. The Bertz CT molecular complexity index is 343. The molecule has 1 rings (SSSR count). The maximum absolute atomic E-state index is 11.3. The van der Waals surface area contributed by atoms with E-state index in [9.17, 15) is 4.79 Å². The zero-order valence-electron chi connectivity index (χ0n) is 9.55. The molecule has 0 spiro atoms. The fourth-order valence-corrected chi connectivity index (χ4v) is 1.33. The third-order valence-corrected chi connectivity index (χ3v) is 2.02. The van der Waals surface area contributed by atoms with Gasteiger partial charge in [-0.05, 0) is 18.6 Å². The van der Waals surface area contributed by atoms with Crippen LogP contribution in [0.25, 0.3) is 0 Å². The van der Waals surface area contributed by atoms with Gasteiger partial charge in [-0.1, -0.05) is 36.4 Å². The van der Waals surface area contributed by atoms with Crippen LogP contribution in [-0.4, -0.2) is 19.7 Å². The van der Waals surface area contributed by atoms with E-state index in [2.05, 4.69) is 0 Å². The summed E-state index contributed by atoms with van der Waals surface area (Å²) in [6, 6.07) is 9.59. The number of rotatable bonds is 5. The predicted molar refractivity (Wildman–Crippen MR) is 62.0 cm³/mol. The Morgan fingerprint density at radius 1 is 1.38 bits per heavy atom. The molecule has 0 saturated heterocycles. The summed E-state index contributed by atoms with van der Waals surface area (Å²) >= 11 is 0. The van der Waals surface area contributed by atoms with E-state index in [1.54, 1.807) is 0 Å². The van der Waals surface area contributed by atoms with Gasteiger partial charge >= 0.3 is 5.97 Å². The molecule has 0 heterocycles. The molecule has 1 aromatic carbocycles. The normalized spacial score (nSPS) is 12.6. The first-order valence-corrected chi connectivity index (χ1v) is 5.14. The standard InChI is InChI=1S/C13H16O3/c1-3-7-12(16-13(14)10-15-2)11-8-5-4-6-9-11/h3-9,12H,10H2,1-2H3/b7-3-. The van der Waals surface area contributed by atoms with Crippen molar-refractivity contribution in [3.05, 3.63) is 48.0 Å². The van der Waals surface area contributed by atoms with Crippen LogP contribution in [0.3, 0.4) is 0 Å². The number of hydrogen-bond acceptors (Lipinski definition) is 3. The Balaban J connectivity index is 2.72. The number of carbonyl (C=O) groups is 1. The lowest BCUT2D eigenvalue weighted by molar-refractivity contribution is -0.151. The molecule has 0 radical (unpaired) electrons. The molecule has 0 bridgehead atoms. The van der Waals surface area contributed by atoms with Gasteiger partial charge in [0.25, 0.3) is 0 Å². The monoisotopic (exact) mass is 220 g/mol. The van der Waals surface area contributed by atoms with Crippen molar-refractivity contribution in [2.45, 2.75) is 13.0 Å². The van der Waals surface area contributed by atoms with Crippen LogP contribution in [0.1, 0.15) is 18.6 Å². The van der Waals surface area contributed by atoms with Crippen LogP contribution in [0, 0.1) is 0 Å². The maximum atomic E-state index is 11.3. The Morgan fingerprint density at radius 2 is 2.06 bits per heavy atom. The number of allylic oxidation sites excluding steroid dienone is 1. The van der Waals surface area contributed by atoms with Gasteiger partial charge in [0, 0.05) is 7.11 Å². The molecule has 16 heavy (non-hydrogen) atoms. The molecule has 0 aromatic heterocycles. The number of esters is 1. The molecule has 0 aliphatic rings. The molecular weight excluding hydrogens is 204 g/mol. The van der Waals surface area contributed by atoms with Crippen molar-refractivity contribution in [2.75, 3.05) is 13.7 Å². The van der Waals surface area contributed by atoms with Crippen molar-refractivity contribution < 1.29 is 14.3 Å². The van der Waals surface area contributed by atoms with E-state index in [0.717, 1.165) is 5.56 Å². The summed E-state index contributed by atoms with van der Waals surface area (Å²) in [6.45, 7) is 1.86. The van der Waals surface area contributed by atoms with Gasteiger partial charge in [-0.2, -0.15) is 0 Å². The lowest BCUT2D eigenvalue weighted by atomic mass is 10.1. The van der Waals surface area contributed by atoms with Crippen LogP contribution in [0.15, 0.2) is 42.5 Å². The highest BCUT2D eigenvalue weighted by atomic mass is 16.6. The second-order valence-corrected chi connectivity index (χ2v) is 3.28. The number of methoxy groups -OCH3 is 1. The first-order chi connectivity index (χ1) is 7.77. The molecule has 0 aliphatic carbocycles. The fraction of sp³-hybridized carbons (Fsp3) is 0.308. The molecule has 86 valence electrons. The van der Waals surface area contributed by atoms with Gasteiger partial charge in [-0.25, -0.2) is 4.79 Å². The van der Waals surface area contributed by atoms with E-state index in [1.807, 2.05) is 49.4 Å². The van der Waals surface area contributed by atoms with Crippen LogP contribution in [0.2, 0.25) is 0 Å². The van der Waals surface area contributed by atoms with E-state index < -0.39 is 0 Å². The summed E-state index contributed by atoms with van der Waals surface area (Å²) in [5.74, 6) is -0.366. The van der Waals surface area contributed by atoms with Crippen molar-refractivity contribution in [3.8, 4) is 0 Å². The predicted octanol–water partition coefficient (Wildman–Crippen LogP) is 2.49. The second kappa shape index (κ2) is 6.80. The summed E-state index contributed by atoms with van der Waals surface area (Å²) in [5.41, 5.74) is 0.949. The van der Waals surface area contributed by atoms with Crippen molar-refractivity contribution >= 4 is 5.97 Å². The minimum absolute atomic E-state index is 0.0269. The van der Waals surface area contributed by atoms with Crippen LogP contribution >= 0.6 is 0 Å². The smallest absolute Gasteiger partial charge is 0.332 e. The highest BCUT2D eigenvalue weighted by Crippen LogP contribution is 2.18. The highest BCUT2D eigenvalue weighted by molar-refractivity contribution is 5.71. The van der Waals surface area contributed by atoms with Gasteiger partial charge in [0.2, 0.25) is 0 Å². The van der Waals surface area contributed by atoms with Crippen LogP contribution in [0.4, 0.5) is 0 Å². The topological polar surface area (TPSA) is 35.5 Å². The third kappa shape index (κ3) is 3.87. The van der Waals surface area contributed by atoms with Gasteiger partial charge in [0.05, 0.1) is 0 Å². The summed E-state index contributed by atoms with van der Waals surface area (Å²) in [6.07, 6.45) is 3.36. The third-order valence-electron chi connectivity index (χ3n) is 2.02. The quantitative estimate of drug-likeness (QED) is 0.565. The molecule has 1 unspecified atom stereocenters. The first kappa shape index (κ1) is 12.5. The summed E-state index contributed by atoms with van der Waals surface area (Å²) in [7, 11) is 1.47. The van der Waals surface area contributed by atoms with Gasteiger partial charge in [0.15, 0.2) is 0 Å². The lowest BCUT2D eigenvalue weighted by Gasteiger charge is -2.14. The van der Waals surface area contributed by atoms with Gasteiger partial charge < -0.3 is 9.47 Å². The average Bonchev–Trinajstić information content (AvgIpc) is 2.30. The van der Waals surface area contributed by atoms with E-state index >= 15 is 0 Å². The van der Waals surface area contributed by atoms with Gasteiger partial charge in [0.1, 0.15) is 12.7 Å². The summed E-state index contributed by atoms with van der Waals surface area (Å²) in [5, 5.41) is 0.